The van der Waals surface area contributed by atoms with E-state index >= 15 is 0 Å². The molecule has 0 fully saturated rings. The highest BCUT2D eigenvalue weighted by molar-refractivity contribution is 4.99. The molecule has 0 saturated carbocycles. The summed E-state index contributed by atoms with van der Waals surface area (Å²) in [6.45, 7) is 2.49. The second-order valence-corrected chi connectivity index (χ2v) is 2.54. The van der Waals surface area contributed by atoms with Crippen LogP contribution in [0.4, 0.5) is 0 Å². The van der Waals surface area contributed by atoms with Crippen LogP contribution in [0.25, 0.3) is 0 Å². The third kappa shape index (κ3) is 1.10. The van der Waals surface area contributed by atoms with Crippen LogP contribution in [0.2, 0.25) is 0 Å². The first-order chi connectivity index (χ1) is 3.83. The van der Waals surface area contributed by atoms with E-state index in [1.165, 1.54) is 0 Å². The molecule has 0 aromatic rings. The summed E-state index contributed by atoms with van der Waals surface area (Å²) in [5.74, 6) is 1.14. The second-order valence-electron chi connectivity index (χ2n) is 2.54. The highest BCUT2D eigenvalue weighted by Crippen LogP contribution is 2.21. The van der Waals surface area contributed by atoms with E-state index in [-0.39, 0.29) is 0 Å². The Balaban J connectivity index is 2.34. The number of hydrogen-bond acceptors (Lipinski definition) is 1. The Morgan fingerprint density at radius 1 is 1.62 bits per heavy atom. The van der Waals surface area contributed by atoms with Gasteiger partial charge in [0.15, 0.2) is 0 Å². The Hall–Kier alpha value is -0.300. The Morgan fingerprint density at radius 2 is 2.38 bits per heavy atom. The van der Waals surface area contributed by atoms with Gasteiger partial charge in [0.25, 0.3) is 0 Å². The van der Waals surface area contributed by atoms with Gasteiger partial charge in [0.2, 0.25) is 0 Å². The van der Waals surface area contributed by atoms with Gasteiger partial charge >= 0.3 is 0 Å². The van der Waals surface area contributed by atoms with E-state index in [1.54, 1.807) is 0 Å². The molecule has 1 rings (SSSR count). The van der Waals surface area contributed by atoms with E-state index < -0.39 is 0 Å². The summed E-state index contributed by atoms with van der Waals surface area (Å²) in [6, 6.07) is 0. The maximum atomic E-state index is 8.63. The van der Waals surface area contributed by atoms with Crippen LogP contribution in [0.15, 0.2) is 12.2 Å². The molecule has 1 aliphatic carbocycles. The van der Waals surface area contributed by atoms with Crippen molar-refractivity contribution in [2.75, 3.05) is 6.61 Å². The van der Waals surface area contributed by atoms with Crippen LogP contribution in [-0.4, -0.2) is 11.7 Å². The normalized spacial score (nSPS) is 36.2. The topological polar surface area (TPSA) is 20.2 Å². The first-order valence-electron chi connectivity index (χ1n) is 3.12. The Labute approximate surface area is 50.0 Å². The predicted octanol–water partition coefficient (Wildman–Crippen LogP) is 1.19. The molecule has 0 bridgehead atoms. The fourth-order valence-electron chi connectivity index (χ4n) is 1.12. The summed E-state index contributed by atoms with van der Waals surface area (Å²) in [4.78, 5) is 0. The van der Waals surface area contributed by atoms with Crippen molar-refractivity contribution in [1.29, 1.82) is 0 Å². The van der Waals surface area contributed by atoms with E-state index in [9.17, 15) is 0 Å². The number of rotatable bonds is 1. The molecule has 0 saturated heterocycles. The van der Waals surface area contributed by atoms with Crippen molar-refractivity contribution in [3.05, 3.63) is 12.2 Å². The van der Waals surface area contributed by atoms with Gasteiger partial charge in [0, 0.05) is 12.5 Å². The van der Waals surface area contributed by atoms with E-state index in [2.05, 4.69) is 19.1 Å². The van der Waals surface area contributed by atoms with Crippen LogP contribution >= 0.6 is 0 Å². The van der Waals surface area contributed by atoms with Gasteiger partial charge in [-0.15, -0.1) is 0 Å². The molecule has 0 unspecified atom stereocenters. The molecule has 2 atom stereocenters. The summed E-state index contributed by atoms with van der Waals surface area (Å²) >= 11 is 0. The minimum Gasteiger partial charge on any atom is -0.396 e. The van der Waals surface area contributed by atoms with Crippen LogP contribution in [0.5, 0.6) is 0 Å². The van der Waals surface area contributed by atoms with Crippen molar-refractivity contribution in [2.24, 2.45) is 11.8 Å². The molecule has 0 aliphatic heterocycles. The molecular weight excluding hydrogens is 100 g/mol. The lowest BCUT2D eigenvalue weighted by Gasteiger charge is -2.01. The highest BCUT2D eigenvalue weighted by Gasteiger charge is 2.12. The average Bonchev–Trinajstić information content (AvgIpc) is 2.14. The van der Waals surface area contributed by atoms with Gasteiger partial charge < -0.3 is 5.11 Å². The van der Waals surface area contributed by atoms with Crippen LogP contribution in [0.3, 0.4) is 0 Å². The summed E-state index contributed by atoms with van der Waals surface area (Å²) in [6.07, 6.45) is 5.40. The average molecular weight is 112 g/mol. The molecule has 8 heavy (non-hydrogen) atoms. The number of aliphatic hydroxyl groups is 1. The van der Waals surface area contributed by atoms with Gasteiger partial charge in [0.1, 0.15) is 0 Å². The summed E-state index contributed by atoms with van der Waals surface area (Å²) in [5.41, 5.74) is 0. The molecule has 0 spiro atoms. The van der Waals surface area contributed by atoms with Gasteiger partial charge in [-0.1, -0.05) is 19.1 Å². The molecule has 0 aromatic heterocycles. The van der Waals surface area contributed by atoms with E-state index in [4.69, 9.17) is 5.11 Å². The zero-order valence-electron chi connectivity index (χ0n) is 5.17. The fraction of sp³-hybridized carbons (Fsp3) is 0.714. The summed E-state index contributed by atoms with van der Waals surface area (Å²) < 4.78 is 0. The first-order valence-corrected chi connectivity index (χ1v) is 3.12. The minimum atomic E-state index is 0.320. The van der Waals surface area contributed by atoms with Gasteiger partial charge in [-0.25, -0.2) is 0 Å². The van der Waals surface area contributed by atoms with Gasteiger partial charge in [-0.05, 0) is 12.3 Å². The van der Waals surface area contributed by atoms with Crippen molar-refractivity contribution >= 4 is 0 Å². The van der Waals surface area contributed by atoms with Crippen LogP contribution in [0.1, 0.15) is 13.3 Å². The second kappa shape index (κ2) is 2.31. The molecule has 1 nitrogen and oxygen atoms in total. The maximum absolute atomic E-state index is 8.63. The van der Waals surface area contributed by atoms with Crippen molar-refractivity contribution in [3.63, 3.8) is 0 Å². The van der Waals surface area contributed by atoms with Gasteiger partial charge in [0.05, 0.1) is 0 Å². The van der Waals surface area contributed by atoms with Crippen LogP contribution in [-0.2, 0) is 0 Å². The highest BCUT2D eigenvalue weighted by atomic mass is 16.3. The standard InChI is InChI=1S/C7H12O/c1-6-2-3-7(4-6)5-8/h2-3,6-8H,4-5H2,1H3/t6-,7+/m1/s1. The molecule has 46 valence electrons. The van der Waals surface area contributed by atoms with Crippen LogP contribution in [0, 0.1) is 11.8 Å². The number of allylic oxidation sites excluding steroid dienone is 1. The molecular formula is C7H12O. The monoisotopic (exact) mass is 112 g/mol. The minimum absolute atomic E-state index is 0.320. The van der Waals surface area contributed by atoms with Crippen molar-refractivity contribution in [3.8, 4) is 0 Å². The van der Waals surface area contributed by atoms with Crippen molar-refractivity contribution < 1.29 is 5.11 Å². The number of aliphatic hydroxyl groups excluding tert-OH is 1. The third-order valence-electron chi connectivity index (χ3n) is 1.62. The molecule has 0 heterocycles. The largest absolute Gasteiger partial charge is 0.396 e. The smallest absolute Gasteiger partial charge is 0.0494 e. The third-order valence-corrected chi connectivity index (χ3v) is 1.62. The summed E-state index contributed by atoms with van der Waals surface area (Å²) in [5, 5.41) is 8.63. The Kier molecular flexibility index (Phi) is 1.69. The van der Waals surface area contributed by atoms with Gasteiger partial charge in [-0.2, -0.15) is 0 Å². The Morgan fingerprint density at radius 3 is 2.62 bits per heavy atom. The summed E-state index contributed by atoms with van der Waals surface area (Å²) in [7, 11) is 0. The maximum Gasteiger partial charge on any atom is 0.0494 e. The molecule has 0 radical (unpaired) electrons. The predicted molar refractivity (Wildman–Crippen MR) is 33.5 cm³/mol. The van der Waals surface area contributed by atoms with Crippen molar-refractivity contribution in [1.82, 2.24) is 0 Å². The zero-order chi connectivity index (χ0) is 5.98. The van der Waals surface area contributed by atoms with E-state index in [1.807, 2.05) is 0 Å². The lowest BCUT2D eigenvalue weighted by atomic mass is 10.1. The zero-order valence-corrected chi connectivity index (χ0v) is 5.17. The fourth-order valence-corrected chi connectivity index (χ4v) is 1.12. The lowest BCUT2D eigenvalue weighted by molar-refractivity contribution is 0.246. The SMILES string of the molecule is C[C@@H]1C=C[C@H](CO)C1. The van der Waals surface area contributed by atoms with E-state index in [0.29, 0.717) is 18.4 Å². The molecule has 1 heteroatoms. The first kappa shape index (κ1) is 5.83. The van der Waals surface area contributed by atoms with Crippen LogP contribution < -0.4 is 0 Å². The van der Waals surface area contributed by atoms with Gasteiger partial charge in [-0.3, -0.25) is 0 Å². The lowest BCUT2D eigenvalue weighted by Crippen LogP contribution is -1.99. The number of hydrogen-bond donors (Lipinski definition) is 1. The van der Waals surface area contributed by atoms with Crippen molar-refractivity contribution in [2.45, 2.75) is 13.3 Å². The van der Waals surface area contributed by atoms with E-state index in [0.717, 1.165) is 6.42 Å². The molecule has 1 N–H and O–H groups in total. The Bertz CT molecular complexity index is 96.6. The molecule has 1 aliphatic rings. The quantitative estimate of drug-likeness (QED) is 0.505. The molecule has 0 amide bonds. The molecule has 0 aromatic carbocycles.